The lowest BCUT2D eigenvalue weighted by Crippen LogP contribution is -3.61. The first-order valence-electron chi connectivity index (χ1n) is 9.22. The van der Waals surface area contributed by atoms with Crippen molar-refractivity contribution < 1.29 is 42.4 Å². The average molecular weight is 590 g/mol. The molecular formula is C26H24I2+2. The lowest BCUT2D eigenvalue weighted by molar-refractivity contribution is -0.597. The highest BCUT2D eigenvalue weighted by Crippen LogP contribution is 1.95. The molecule has 0 saturated heterocycles. The molecule has 0 aliphatic carbocycles. The predicted octanol–water partition coefficient (Wildman–Crippen LogP) is 0.247. The zero-order valence-electron chi connectivity index (χ0n) is 16.1. The van der Waals surface area contributed by atoms with Gasteiger partial charge in [-0.3, -0.25) is 0 Å². The summed E-state index contributed by atoms with van der Waals surface area (Å²) in [4.78, 5) is 0. The first kappa shape index (κ1) is 21.1. The van der Waals surface area contributed by atoms with Gasteiger partial charge in [-0.2, -0.15) is 0 Å². The molecule has 0 saturated carbocycles. The maximum atomic E-state index is 2.25. The van der Waals surface area contributed by atoms with Crippen LogP contribution in [0.2, 0.25) is 0 Å². The van der Waals surface area contributed by atoms with E-state index < -0.39 is 0 Å². The van der Waals surface area contributed by atoms with Crippen molar-refractivity contribution in [2.45, 2.75) is 13.8 Å². The minimum atomic E-state index is 0.00313. The lowest BCUT2D eigenvalue weighted by Gasteiger charge is -1.90. The number of hydrogen-bond acceptors (Lipinski definition) is 0. The Morgan fingerprint density at radius 3 is 0.964 bits per heavy atom. The third-order valence-electron chi connectivity index (χ3n) is 3.92. The van der Waals surface area contributed by atoms with Crippen LogP contribution in [0, 0.1) is 28.1 Å². The van der Waals surface area contributed by atoms with Gasteiger partial charge in [0.15, 0.2) is 14.3 Å². The monoisotopic (exact) mass is 590 g/mol. The highest BCUT2D eigenvalue weighted by atomic mass is 127. The van der Waals surface area contributed by atoms with Gasteiger partial charge in [-0.05, 0) is 62.4 Å². The Hall–Kier alpha value is -1.66. The first-order valence-corrected chi connectivity index (χ1v) is 13.5. The summed E-state index contributed by atoms with van der Waals surface area (Å²) in [6, 6.07) is 39.2. The molecule has 0 aliphatic rings. The summed E-state index contributed by atoms with van der Waals surface area (Å²) in [5.74, 6) is 0. The maximum absolute atomic E-state index is 2.25. The third kappa shape index (κ3) is 7.40. The van der Waals surface area contributed by atoms with Crippen molar-refractivity contribution in [1.82, 2.24) is 0 Å². The zero-order chi connectivity index (χ0) is 19.6. The number of aryl methyl sites for hydroxylation is 2. The molecule has 0 radical (unpaired) electrons. The Labute approximate surface area is 189 Å². The van der Waals surface area contributed by atoms with E-state index in [0.29, 0.717) is 0 Å². The van der Waals surface area contributed by atoms with E-state index >= 15 is 0 Å². The van der Waals surface area contributed by atoms with Gasteiger partial charge in [0.1, 0.15) is 0 Å². The summed E-state index contributed by atoms with van der Waals surface area (Å²) in [5, 5.41) is 0. The van der Waals surface area contributed by atoms with Crippen molar-refractivity contribution in [3.8, 4) is 0 Å². The van der Waals surface area contributed by atoms with Crippen LogP contribution in [-0.4, -0.2) is 0 Å². The van der Waals surface area contributed by atoms with Gasteiger partial charge < -0.3 is 0 Å². The molecule has 4 aromatic carbocycles. The molecule has 4 rings (SSSR count). The van der Waals surface area contributed by atoms with Crippen molar-refractivity contribution in [2.24, 2.45) is 0 Å². The molecule has 0 aliphatic heterocycles. The van der Waals surface area contributed by atoms with Gasteiger partial charge in [-0.25, -0.2) is 0 Å². The fourth-order valence-corrected chi connectivity index (χ4v) is 6.83. The fraction of sp³-hybridized carbons (Fsp3) is 0.0769. The van der Waals surface area contributed by atoms with Gasteiger partial charge in [-0.1, -0.05) is 71.8 Å². The van der Waals surface area contributed by atoms with E-state index in [4.69, 9.17) is 0 Å². The average Bonchev–Trinajstić information content (AvgIpc) is 2.73. The molecule has 0 bridgehead atoms. The second-order valence-electron chi connectivity index (χ2n) is 6.37. The maximum Gasteiger partial charge on any atom is 0.357 e. The number of rotatable bonds is 4. The number of benzene rings is 4. The second-order valence-corrected chi connectivity index (χ2v) is 12.4. The minimum absolute atomic E-state index is 0.00313. The molecule has 0 amide bonds. The van der Waals surface area contributed by atoms with E-state index in [1.54, 1.807) is 0 Å². The SMILES string of the molecule is Cc1ccc([I+]c2ccc(C)cc2)cc1.c1ccc([I+]c2ccccc2)cc1. The van der Waals surface area contributed by atoms with Gasteiger partial charge in [0.05, 0.1) is 0 Å². The standard InChI is InChI=1S/C14H14I.C12H10I/c1-11-3-7-13(8-4-11)15-14-9-5-12(2)6-10-14;1-3-7-11(8-4-1)13-12-9-5-2-6-10-12/h3-10H,1-2H3;1-10H/q2*+1. The summed E-state index contributed by atoms with van der Waals surface area (Å²) in [6.07, 6.45) is 0. The van der Waals surface area contributed by atoms with Gasteiger partial charge in [0, 0.05) is 0 Å². The first-order chi connectivity index (χ1) is 13.7. The van der Waals surface area contributed by atoms with E-state index in [9.17, 15) is 0 Å². The lowest BCUT2D eigenvalue weighted by atomic mass is 10.2. The Balaban J connectivity index is 0.000000162. The summed E-state index contributed by atoms with van der Waals surface area (Å²) in [7, 11) is 0. The summed E-state index contributed by atoms with van der Waals surface area (Å²) in [6.45, 7) is 4.27. The number of hydrogen-bond donors (Lipinski definition) is 0. The molecule has 28 heavy (non-hydrogen) atoms. The quantitative estimate of drug-likeness (QED) is 0.300. The van der Waals surface area contributed by atoms with Gasteiger partial charge in [0.2, 0.25) is 0 Å². The third-order valence-corrected chi connectivity index (χ3v) is 9.29. The van der Waals surface area contributed by atoms with Crippen LogP contribution in [-0.2, 0) is 0 Å². The van der Waals surface area contributed by atoms with Crippen LogP contribution in [0.4, 0.5) is 0 Å². The van der Waals surface area contributed by atoms with Crippen molar-refractivity contribution >= 4 is 0 Å². The molecule has 0 aromatic heterocycles. The van der Waals surface area contributed by atoms with E-state index in [2.05, 4.69) is 123 Å². The molecule has 0 fully saturated rings. The minimum Gasteiger partial charge on any atom is -0.0619 e. The summed E-state index contributed by atoms with van der Waals surface area (Å²) >= 11 is 0.0318. The zero-order valence-corrected chi connectivity index (χ0v) is 20.5. The molecular weight excluding hydrogens is 566 g/mol. The number of halogens is 2. The second kappa shape index (κ2) is 11.4. The largest absolute Gasteiger partial charge is 0.357 e. The van der Waals surface area contributed by atoms with Crippen LogP contribution >= 0.6 is 0 Å². The summed E-state index contributed by atoms with van der Waals surface area (Å²) in [5.41, 5.74) is 2.68. The Bertz CT molecular complexity index is 864. The molecule has 0 spiro atoms. The van der Waals surface area contributed by atoms with E-state index in [1.165, 1.54) is 25.4 Å². The molecule has 0 nitrogen and oxygen atoms in total. The van der Waals surface area contributed by atoms with Gasteiger partial charge in [-0.15, -0.1) is 0 Å². The highest BCUT2D eigenvalue weighted by molar-refractivity contribution is 5.14. The van der Waals surface area contributed by atoms with Crippen LogP contribution < -0.4 is 42.4 Å². The Kier molecular flexibility index (Phi) is 8.55. The van der Waals surface area contributed by atoms with E-state index in [1.807, 2.05) is 0 Å². The highest BCUT2D eigenvalue weighted by Gasteiger charge is 2.14. The van der Waals surface area contributed by atoms with Crippen LogP contribution in [0.3, 0.4) is 0 Å². The van der Waals surface area contributed by atoms with E-state index in [-0.39, 0.29) is 42.4 Å². The smallest absolute Gasteiger partial charge is 0.0619 e. The normalized spacial score (nSPS) is 10.1. The summed E-state index contributed by atoms with van der Waals surface area (Å²) < 4.78 is 5.94. The molecule has 0 N–H and O–H groups in total. The van der Waals surface area contributed by atoms with Crippen molar-refractivity contribution in [3.63, 3.8) is 0 Å². The molecule has 140 valence electrons. The van der Waals surface area contributed by atoms with Crippen molar-refractivity contribution in [3.05, 3.63) is 135 Å². The van der Waals surface area contributed by atoms with Gasteiger partial charge >= 0.3 is 42.4 Å². The molecule has 0 atom stereocenters. The Morgan fingerprint density at radius 2 is 0.643 bits per heavy atom. The topological polar surface area (TPSA) is 0 Å². The van der Waals surface area contributed by atoms with Crippen molar-refractivity contribution in [1.29, 1.82) is 0 Å². The van der Waals surface area contributed by atoms with Crippen LogP contribution in [0.15, 0.2) is 109 Å². The molecule has 0 heterocycles. The Morgan fingerprint density at radius 1 is 0.357 bits per heavy atom. The van der Waals surface area contributed by atoms with Gasteiger partial charge in [0.25, 0.3) is 0 Å². The molecule has 2 heteroatoms. The van der Waals surface area contributed by atoms with Crippen LogP contribution in [0.25, 0.3) is 0 Å². The van der Waals surface area contributed by atoms with E-state index in [0.717, 1.165) is 0 Å². The van der Waals surface area contributed by atoms with Crippen LogP contribution in [0.1, 0.15) is 11.1 Å². The fourth-order valence-electron chi connectivity index (χ4n) is 2.40. The molecule has 4 aromatic rings. The van der Waals surface area contributed by atoms with Crippen LogP contribution in [0.5, 0.6) is 0 Å². The predicted molar refractivity (Wildman–Crippen MR) is 110 cm³/mol. The van der Waals surface area contributed by atoms with Crippen molar-refractivity contribution in [2.75, 3.05) is 0 Å². The molecule has 0 unspecified atom stereocenters.